The maximum atomic E-state index is 10.4. The van der Waals surface area contributed by atoms with E-state index in [1.165, 1.54) is 5.56 Å². The molecule has 0 saturated heterocycles. The van der Waals surface area contributed by atoms with E-state index in [9.17, 15) is 5.11 Å². The molecule has 0 spiro atoms. The van der Waals surface area contributed by atoms with Crippen molar-refractivity contribution in [1.82, 2.24) is 4.98 Å². The molecule has 0 aliphatic carbocycles. The Morgan fingerprint density at radius 1 is 1.06 bits per heavy atom. The lowest BCUT2D eigenvalue weighted by Crippen LogP contribution is -2.06. The van der Waals surface area contributed by atoms with E-state index in [-0.39, 0.29) is 0 Å². The molecule has 0 amide bonds. The van der Waals surface area contributed by atoms with Crippen LogP contribution in [0.1, 0.15) is 34.1 Å². The van der Waals surface area contributed by atoms with Crippen LogP contribution in [0.15, 0.2) is 36.5 Å². The number of aliphatic hydroxyl groups is 1. The Morgan fingerprint density at radius 3 is 2.24 bits per heavy atom. The maximum absolute atomic E-state index is 10.4. The lowest BCUT2D eigenvalue weighted by atomic mass is 9.94. The van der Waals surface area contributed by atoms with Crippen LogP contribution in [0.5, 0.6) is 0 Å². The Kier molecular flexibility index (Phi) is 3.25. The highest BCUT2D eigenvalue weighted by atomic mass is 16.3. The third kappa shape index (κ3) is 2.37. The van der Waals surface area contributed by atoms with Gasteiger partial charge in [0.15, 0.2) is 0 Å². The van der Waals surface area contributed by atoms with Crippen LogP contribution in [0, 0.1) is 20.8 Å². The van der Waals surface area contributed by atoms with Gasteiger partial charge in [-0.3, -0.25) is 4.98 Å². The molecule has 0 radical (unpaired) electrons. The molecule has 2 rings (SSSR count). The number of aromatic nitrogens is 1. The van der Waals surface area contributed by atoms with Gasteiger partial charge in [0.1, 0.15) is 6.10 Å². The summed E-state index contributed by atoms with van der Waals surface area (Å²) in [5, 5.41) is 10.4. The molecule has 0 aliphatic rings. The van der Waals surface area contributed by atoms with Crippen molar-refractivity contribution in [2.75, 3.05) is 0 Å². The Morgan fingerprint density at radius 2 is 1.71 bits per heavy atom. The predicted octanol–water partition coefficient (Wildman–Crippen LogP) is 3.09. The average Bonchev–Trinajstić information content (AvgIpc) is 2.28. The largest absolute Gasteiger partial charge is 0.382 e. The zero-order chi connectivity index (χ0) is 12.4. The van der Waals surface area contributed by atoms with Gasteiger partial charge in [-0.2, -0.15) is 0 Å². The number of aryl methyl sites for hydroxylation is 3. The quantitative estimate of drug-likeness (QED) is 0.855. The summed E-state index contributed by atoms with van der Waals surface area (Å²) >= 11 is 0. The minimum absolute atomic E-state index is 0.642. The van der Waals surface area contributed by atoms with Crippen LogP contribution < -0.4 is 0 Å². The fourth-order valence-corrected chi connectivity index (χ4v) is 2.31. The standard InChI is InChI=1S/C15H17NO/c1-10-8-11(2)14(12(3)9-10)15(17)13-6-4-5-7-16-13/h4-9,15,17H,1-3H3. The van der Waals surface area contributed by atoms with Crippen molar-refractivity contribution in [2.24, 2.45) is 0 Å². The van der Waals surface area contributed by atoms with E-state index < -0.39 is 6.10 Å². The van der Waals surface area contributed by atoms with E-state index in [1.807, 2.05) is 32.0 Å². The predicted molar refractivity (Wildman–Crippen MR) is 69.0 cm³/mol. The highest BCUT2D eigenvalue weighted by Gasteiger charge is 2.16. The van der Waals surface area contributed by atoms with Gasteiger partial charge < -0.3 is 5.11 Å². The highest BCUT2D eigenvalue weighted by molar-refractivity contribution is 5.41. The molecule has 88 valence electrons. The lowest BCUT2D eigenvalue weighted by molar-refractivity contribution is 0.214. The van der Waals surface area contributed by atoms with Crippen LogP contribution in [0.4, 0.5) is 0 Å². The van der Waals surface area contributed by atoms with Crippen molar-refractivity contribution in [1.29, 1.82) is 0 Å². The molecule has 0 aliphatic heterocycles. The van der Waals surface area contributed by atoms with Gasteiger partial charge in [-0.25, -0.2) is 0 Å². The summed E-state index contributed by atoms with van der Waals surface area (Å²) in [6.45, 7) is 6.12. The zero-order valence-electron chi connectivity index (χ0n) is 10.4. The highest BCUT2D eigenvalue weighted by Crippen LogP contribution is 2.27. The van der Waals surface area contributed by atoms with E-state index in [4.69, 9.17) is 0 Å². The van der Waals surface area contributed by atoms with Crippen molar-refractivity contribution >= 4 is 0 Å². The van der Waals surface area contributed by atoms with Crippen molar-refractivity contribution in [3.05, 3.63) is 64.5 Å². The summed E-state index contributed by atoms with van der Waals surface area (Å²) in [5.41, 5.74) is 5.11. The van der Waals surface area contributed by atoms with Gasteiger partial charge >= 0.3 is 0 Å². The normalized spacial score (nSPS) is 12.5. The Labute approximate surface area is 102 Å². The van der Waals surface area contributed by atoms with Gasteiger partial charge in [-0.15, -0.1) is 0 Å². The molecule has 1 unspecified atom stereocenters. The van der Waals surface area contributed by atoms with Gasteiger partial charge in [0.05, 0.1) is 5.69 Å². The fraction of sp³-hybridized carbons (Fsp3) is 0.267. The van der Waals surface area contributed by atoms with Crippen LogP contribution in [0.3, 0.4) is 0 Å². The van der Waals surface area contributed by atoms with Crippen LogP contribution in [-0.4, -0.2) is 10.1 Å². The van der Waals surface area contributed by atoms with Crippen molar-refractivity contribution in [3.8, 4) is 0 Å². The van der Waals surface area contributed by atoms with E-state index in [2.05, 4.69) is 24.0 Å². The molecule has 0 saturated carbocycles. The number of aliphatic hydroxyl groups excluding tert-OH is 1. The first-order valence-corrected chi connectivity index (χ1v) is 5.76. The molecule has 2 aromatic rings. The second-order valence-corrected chi connectivity index (χ2v) is 4.47. The molecule has 1 N–H and O–H groups in total. The van der Waals surface area contributed by atoms with Gasteiger partial charge in [-0.1, -0.05) is 23.8 Å². The number of pyridine rings is 1. The van der Waals surface area contributed by atoms with Gasteiger partial charge in [0, 0.05) is 6.20 Å². The summed E-state index contributed by atoms with van der Waals surface area (Å²) in [4.78, 5) is 4.21. The third-order valence-electron chi connectivity index (χ3n) is 2.98. The van der Waals surface area contributed by atoms with Crippen molar-refractivity contribution < 1.29 is 5.11 Å². The van der Waals surface area contributed by atoms with E-state index in [0.29, 0.717) is 5.69 Å². The fourth-order valence-electron chi connectivity index (χ4n) is 2.31. The second-order valence-electron chi connectivity index (χ2n) is 4.47. The molecule has 17 heavy (non-hydrogen) atoms. The summed E-state index contributed by atoms with van der Waals surface area (Å²) in [5.74, 6) is 0. The van der Waals surface area contributed by atoms with Gasteiger partial charge in [-0.05, 0) is 49.6 Å². The zero-order valence-corrected chi connectivity index (χ0v) is 10.4. The van der Waals surface area contributed by atoms with E-state index in [1.54, 1.807) is 6.20 Å². The topological polar surface area (TPSA) is 33.1 Å². The monoisotopic (exact) mass is 227 g/mol. The van der Waals surface area contributed by atoms with E-state index in [0.717, 1.165) is 16.7 Å². The van der Waals surface area contributed by atoms with Gasteiger partial charge in [0.2, 0.25) is 0 Å². The summed E-state index contributed by atoms with van der Waals surface area (Å²) in [6.07, 6.45) is 1.06. The molecule has 1 aromatic heterocycles. The summed E-state index contributed by atoms with van der Waals surface area (Å²) in [6, 6.07) is 9.78. The smallest absolute Gasteiger partial charge is 0.121 e. The minimum atomic E-state index is -0.642. The first-order valence-electron chi connectivity index (χ1n) is 5.76. The number of hydrogen-bond donors (Lipinski definition) is 1. The number of benzene rings is 1. The van der Waals surface area contributed by atoms with Crippen molar-refractivity contribution in [3.63, 3.8) is 0 Å². The van der Waals surface area contributed by atoms with Crippen LogP contribution in [-0.2, 0) is 0 Å². The maximum Gasteiger partial charge on any atom is 0.121 e. The van der Waals surface area contributed by atoms with E-state index >= 15 is 0 Å². The first-order chi connectivity index (χ1) is 8.09. The SMILES string of the molecule is Cc1cc(C)c(C(O)c2ccccn2)c(C)c1. The molecule has 1 heterocycles. The van der Waals surface area contributed by atoms with Crippen molar-refractivity contribution in [2.45, 2.75) is 26.9 Å². The van der Waals surface area contributed by atoms with Gasteiger partial charge in [0.25, 0.3) is 0 Å². The second kappa shape index (κ2) is 4.68. The summed E-state index contributed by atoms with van der Waals surface area (Å²) < 4.78 is 0. The molecular weight excluding hydrogens is 210 g/mol. The molecule has 0 bridgehead atoms. The molecule has 0 fully saturated rings. The molecule has 1 aromatic carbocycles. The first kappa shape index (κ1) is 11.8. The lowest BCUT2D eigenvalue weighted by Gasteiger charge is -2.17. The number of rotatable bonds is 2. The minimum Gasteiger partial charge on any atom is -0.382 e. The number of hydrogen-bond acceptors (Lipinski definition) is 2. The molecular formula is C15H17NO. The van der Waals surface area contributed by atoms with Crippen LogP contribution in [0.2, 0.25) is 0 Å². The average molecular weight is 227 g/mol. The molecule has 1 atom stereocenters. The van der Waals surface area contributed by atoms with Crippen LogP contribution in [0.25, 0.3) is 0 Å². The molecule has 2 heteroatoms. The Hall–Kier alpha value is -1.67. The Balaban J connectivity index is 2.48. The third-order valence-corrected chi connectivity index (χ3v) is 2.98. The number of nitrogens with zero attached hydrogens (tertiary/aromatic N) is 1. The Bertz CT molecular complexity index is 497. The molecule has 2 nitrogen and oxygen atoms in total. The van der Waals surface area contributed by atoms with Crippen LogP contribution >= 0.6 is 0 Å². The summed E-state index contributed by atoms with van der Waals surface area (Å²) in [7, 11) is 0.